The minimum Gasteiger partial charge on any atom is -0.346 e. The zero-order valence-electron chi connectivity index (χ0n) is 17.6. The first-order valence-corrected chi connectivity index (χ1v) is 10.4. The molecule has 0 spiro atoms. The molecule has 2 aromatic heterocycles. The van der Waals surface area contributed by atoms with E-state index in [1.54, 1.807) is 53.2 Å². The molecule has 0 saturated carbocycles. The van der Waals surface area contributed by atoms with Crippen LogP contribution in [-0.2, 0) is 6.54 Å². The van der Waals surface area contributed by atoms with Gasteiger partial charge in [0.15, 0.2) is 0 Å². The Morgan fingerprint density at radius 3 is 2.55 bits per heavy atom. The largest absolute Gasteiger partial charge is 0.346 e. The molecule has 0 radical (unpaired) electrons. The zero-order valence-corrected chi connectivity index (χ0v) is 18.3. The predicted molar refractivity (Wildman–Crippen MR) is 123 cm³/mol. The van der Waals surface area contributed by atoms with Crippen molar-refractivity contribution in [3.63, 3.8) is 0 Å². The molecule has 0 fully saturated rings. The van der Waals surface area contributed by atoms with E-state index in [-0.39, 0.29) is 11.9 Å². The van der Waals surface area contributed by atoms with E-state index < -0.39 is 0 Å². The first kappa shape index (κ1) is 21.8. The topological polar surface area (TPSA) is 123 Å². The fourth-order valence-electron chi connectivity index (χ4n) is 3.31. The van der Waals surface area contributed by atoms with Crippen molar-refractivity contribution in [1.29, 1.82) is 10.5 Å². The standard InChI is InChI=1S/C24H18ClN7O/c1-15(14-32-9-8-21(31-32)18-6-7-19(13-27)20(25)10-18)28-24(33)23-11-22(29-30-23)17-4-2-16(12-26)3-5-17/h2-11,15H,14H2,1H3,(H,28,33)(H,29,30)/t15-/m0/s1. The number of aromatic amines is 1. The molecule has 0 aliphatic heterocycles. The average molecular weight is 456 g/mol. The number of benzene rings is 2. The lowest BCUT2D eigenvalue weighted by Gasteiger charge is -2.13. The van der Waals surface area contributed by atoms with Crippen molar-refractivity contribution in [3.8, 4) is 34.7 Å². The third-order valence-corrected chi connectivity index (χ3v) is 5.31. The fourth-order valence-corrected chi connectivity index (χ4v) is 3.53. The highest BCUT2D eigenvalue weighted by atomic mass is 35.5. The van der Waals surface area contributed by atoms with Gasteiger partial charge in [0.2, 0.25) is 0 Å². The number of halogens is 1. The molecule has 162 valence electrons. The Morgan fingerprint density at radius 1 is 1.09 bits per heavy atom. The first-order valence-electron chi connectivity index (χ1n) is 10.1. The summed E-state index contributed by atoms with van der Waals surface area (Å²) < 4.78 is 1.74. The Hall–Kier alpha value is -4.40. The number of nitriles is 2. The monoisotopic (exact) mass is 455 g/mol. The lowest BCUT2D eigenvalue weighted by atomic mass is 10.1. The van der Waals surface area contributed by atoms with Crippen LogP contribution < -0.4 is 5.32 Å². The van der Waals surface area contributed by atoms with Gasteiger partial charge in [0.05, 0.1) is 40.2 Å². The van der Waals surface area contributed by atoms with E-state index >= 15 is 0 Å². The summed E-state index contributed by atoms with van der Waals surface area (Å²) >= 11 is 6.12. The summed E-state index contributed by atoms with van der Waals surface area (Å²) in [5.74, 6) is -0.277. The molecule has 0 aliphatic rings. The molecule has 0 bridgehead atoms. The Morgan fingerprint density at radius 2 is 1.85 bits per heavy atom. The van der Waals surface area contributed by atoms with E-state index in [0.717, 1.165) is 16.8 Å². The molecule has 4 rings (SSSR count). The lowest BCUT2D eigenvalue weighted by molar-refractivity contribution is 0.0931. The van der Waals surface area contributed by atoms with Crippen LogP contribution >= 0.6 is 11.6 Å². The maximum absolute atomic E-state index is 12.6. The van der Waals surface area contributed by atoms with E-state index in [9.17, 15) is 4.79 Å². The van der Waals surface area contributed by atoms with Crippen molar-refractivity contribution in [1.82, 2.24) is 25.3 Å². The van der Waals surface area contributed by atoms with Gasteiger partial charge in [-0.25, -0.2) is 0 Å². The van der Waals surface area contributed by atoms with E-state index in [4.69, 9.17) is 22.1 Å². The normalized spacial score (nSPS) is 11.4. The number of carbonyl (C=O) groups is 1. The van der Waals surface area contributed by atoms with E-state index in [2.05, 4.69) is 26.7 Å². The number of nitrogens with zero attached hydrogens (tertiary/aromatic N) is 5. The molecule has 8 nitrogen and oxygen atoms in total. The molecule has 0 unspecified atom stereocenters. The number of amides is 1. The maximum Gasteiger partial charge on any atom is 0.269 e. The Bertz CT molecular complexity index is 1390. The second kappa shape index (κ2) is 9.39. The molecule has 2 heterocycles. The van der Waals surface area contributed by atoms with Crippen molar-refractivity contribution in [3.05, 3.63) is 82.6 Å². The molecule has 9 heteroatoms. The number of H-pyrrole nitrogens is 1. The quantitative estimate of drug-likeness (QED) is 0.452. The van der Waals surface area contributed by atoms with Gasteiger partial charge in [0.25, 0.3) is 5.91 Å². The third kappa shape index (κ3) is 4.93. The van der Waals surface area contributed by atoms with Crippen molar-refractivity contribution in [2.45, 2.75) is 19.5 Å². The molecule has 0 saturated heterocycles. The zero-order chi connectivity index (χ0) is 23.4. The SMILES string of the molecule is C[C@@H](Cn1ccc(-c2ccc(C#N)c(Cl)c2)n1)NC(=O)c1cc(-c2ccc(C#N)cc2)n[nH]1. The molecular weight excluding hydrogens is 438 g/mol. The average Bonchev–Trinajstić information content (AvgIpc) is 3.49. The molecule has 33 heavy (non-hydrogen) atoms. The summed E-state index contributed by atoms with van der Waals surface area (Å²) in [6.45, 7) is 2.35. The van der Waals surface area contributed by atoms with Gasteiger partial charge in [-0.05, 0) is 43.3 Å². The van der Waals surface area contributed by atoms with Crippen LogP contribution in [0, 0.1) is 22.7 Å². The molecule has 0 aliphatic carbocycles. The summed E-state index contributed by atoms with van der Waals surface area (Å²) in [5, 5.41) is 32.7. The van der Waals surface area contributed by atoms with E-state index in [1.807, 2.05) is 25.3 Å². The molecule has 2 aromatic carbocycles. The first-order chi connectivity index (χ1) is 16.0. The number of nitrogens with one attached hydrogen (secondary N) is 2. The van der Waals surface area contributed by atoms with Crippen LogP contribution in [0.1, 0.15) is 28.5 Å². The summed E-state index contributed by atoms with van der Waals surface area (Å²) in [6.07, 6.45) is 1.82. The smallest absolute Gasteiger partial charge is 0.269 e. The van der Waals surface area contributed by atoms with Gasteiger partial charge in [-0.15, -0.1) is 0 Å². The second-order valence-corrected chi connectivity index (χ2v) is 7.87. The summed E-state index contributed by atoms with van der Waals surface area (Å²) in [5.41, 5.74) is 4.28. The van der Waals surface area contributed by atoms with Crippen LogP contribution in [0.25, 0.3) is 22.5 Å². The van der Waals surface area contributed by atoms with Crippen molar-refractivity contribution in [2.24, 2.45) is 0 Å². The maximum atomic E-state index is 12.6. The molecule has 4 aromatic rings. The van der Waals surface area contributed by atoms with Crippen molar-refractivity contribution < 1.29 is 4.79 Å². The van der Waals surface area contributed by atoms with Crippen LogP contribution in [0.3, 0.4) is 0 Å². The van der Waals surface area contributed by atoms with Crippen LogP contribution in [-0.4, -0.2) is 31.9 Å². The van der Waals surface area contributed by atoms with E-state index in [1.165, 1.54) is 0 Å². The number of carbonyl (C=O) groups excluding carboxylic acids is 1. The minimum atomic E-state index is -0.277. The number of hydrogen-bond donors (Lipinski definition) is 2. The fraction of sp³-hybridized carbons (Fsp3) is 0.125. The van der Waals surface area contributed by atoms with Gasteiger partial charge in [-0.1, -0.05) is 29.8 Å². The Balaban J connectivity index is 1.38. The Labute approximate surface area is 195 Å². The summed E-state index contributed by atoms with van der Waals surface area (Å²) in [4.78, 5) is 12.6. The minimum absolute atomic E-state index is 0.198. The summed E-state index contributed by atoms with van der Waals surface area (Å²) in [7, 11) is 0. The molecule has 2 N–H and O–H groups in total. The lowest BCUT2D eigenvalue weighted by Crippen LogP contribution is -2.36. The Kier molecular flexibility index (Phi) is 6.21. The summed E-state index contributed by atoms with van der Waals surface area (Å²) in [6, 6.07) is 19.6. The molecule has 1 amide bonds. The molecule has 1 atom stereocenters. The predicted octanol–water partition coefficient (Wildman–Crippen LogP) is 4.16. The van der Waals surface area contributed by atoms with Gasteiger partial charge in [-0.3, -0.25) is 14.6 Å². The van der Waals surface area contributed by atoms with Crippen LogP contribution in [0.2, 0.25) is 5.02 Å². The van der Waals surface area contributed by atoms with E-state index in [0.29, 0.717) is 34.1 Å². The van der Waals surface area contributed by atoms with Crippen LogP contribution in [0.15, 0.2) is 60.8 Å². The number of aromatic nitrogens is 4. The number of rotatable bonds is 6. The molecular formula is C24H18ClN7O. The van der Waals surface area contributed by atoms with Gasteiger partial charge < -0.3 is 5.32 Å². The van der Waals surface area contributed by atoms with Gasteiger partial charge in [0.1, 0.15) is 11.8 Å². The van der Waals surface area contributed by atoms with Crippen LogP contribution in [0.5, 0.6) is 0 Å². The highest BCUT2D eigenvalue weighted by Crippen LogP contribution is 2.24. The van der Waals surface area contributed by atoms with Gasteiger partial charge in [0, 0.05) is 23.4 Å². The van der Waals surface area contributed by atoms with Crippen molar-refractivity contribution >= 4 is 17.5 Å². The van der Waals surface area contributed by atoms with Crippen LogP contribution in [0.4, 0.5) is 0 Å². The van der Waals surface area contributed by atoms with Gasteiger partial charge in [-0.2, -0.15) is 20.7 Å². The van der Waals surface area contributed by atoms with Gasteiger partial charge >= 0.3 is 0 Å². The highest BCUT2D eigenvalue weighted by molar-refractivity contribution is 6.32. The second-order valence-electron chi connectivity index (χ2n) is 7.46. The third-order valence-electron chi connectivity index (χ3n) is 5.00. The van der Waals surface area contributed by atoms with Crippen molar-refractivity contribution in [2.75, 3.05) is 0 Å². The highest BCUT2D eigenvalue weighted by Gasteiger charge is 2.15. The number of hydrogen-bond acceptors (Lipinski definition) is 5.